The normalized spacial score (nSPS) is 11.7. The van der Waals surface area contributed by atoms with Gasteiger partial charge < -0.3 is 10.4 Å². The van der Waals surface area contributed by atoms with E-state index >= 15 is 0 Å². The van der Waals surface area contributed by atoms with Crippen molar-refractivity contribution in [3.63, 3.8) is 0 Å². The van der Waals surface area contributed by atoms with E-state index in [1.807, 2.05) is 31.2 Å². The van der Waals surface area contributed by atoms with Gasteiger partial charge in [-0.3, -0.25) is 4.79 Å². The average Bonchev–Trinajstić information content (AvgIpc) is 3.26. The number of carbonyl (C=O) groups excluding carboxylic acids is 1. The van der Waals surface area contributed by atoms with Crippen LogP contribution in [-0.2, 0) is 10.0 Å². The lowest BCUT2D eigenvalue weighted by Gasteiger charge is -2.17. The molecule has 4 rings (SSSR count). The highest BCUT2D eigenvalue weighted by molar-refractivity contribution is 7.89. The van der Waals surface area contributed by atoms with E-state index in [2.05, 4.69) is 10.3 Å². The third-order valence-corrected chi connectivity index (χ3v) is 8.37. The molecule has 0 atom stereocenters. The summed E-state index contributed by atoms with van der Waals surface area (Å²) in [6, 6.07) is 18.4. The molecule has 0 aliphatic carbocycles. The second-order valence-electron chi connectivity index (χ2n) is 7.88. The van der Waals surface area contributed by atoms with Crippen molar-refractivity contribution in [3.8, 4) is 16.3 Å². The number of para-hydroxylation sites is 1. The average molecular weight is 496 g/mol. The van der Waals surface area contributed by atoms with Crippen LogP contribution in [0.3, 0.4) is 0 Å². The summed E-state index contributed by atoms with van der Waals surface area (Å²) in [7, 11) is -2.04. The SMILES string of the molecule is CCCCN(C)S(=O)(=O)c1ccc(C(=O)Nc2ccc(-c3nc4ccccc4s3)c(O)c2)cc1. The Labute approximate surface area is 202 Å². The highest BCUT2D eigenvalue weighted by Crippen LogP contribution is 2.36. The number of thiazole rings is 1. The van der Waals surface area contributed by atoms with Gasteiger partial charge in [0.1, 0.15) is 10.8 Å². The number of sulfonamides is 1. The summed E-state index contributed by atoms with van der Waals surface area (Å²) in [5.74, 6) is -0.399. The van der Waals surface area contributed by atoms with Crippen LogP contribution in [0.5, 0.6) is 5.75 Å². The molecule has 7 nitrogen and oxygen atoms in total. The van der Waals surface area contributed by atoms with Crippen molar-refractivity contribution in [1.29, 1.82) is 0 Å². The number of aromatic nitrogens is 1. The Morgan fingerprint density at radius 3 is 2.50 bits per heavy atom. The van der Waals surface area contributed by atoms with E-state index in [9.17, 15) is 18.3 Å². The first-order valence-electron chi connectivity index (χ1n) is 10.9. The molecule has 176 valence electrons. The fourth-order valence-electron chi connectivity index (χ4n) is 3.44. The lowest BCUT2D eigenvalue weighted by molar-refractivity contribution is 0.102. The molecule has 0 spiro atoms. The molecule has 0 saturated carbocycles. The van der Waals surface area contributed by atoms with Gasteiger partial charge in [-0.15, -0.1) is 11.3 Å². The molecule has 1 amide bonds. The Bertz CT molecular complexity index is 1400. The highest BCUT2D eigenvalue weighted by Gasteiger charge is 2.20. The van der Waals surface area contributed by atoms with Crippen LogP contribution in [0.1, 0.15) is 30.1 Å². The lowest BCUT2D eigenvalue weighted by Crippen LogP contribution is -2.28. The summed E-state index contributed by atoms with van der Waals surface area (Å²) < 4.78 is 27.6. The van der Waals surface area contributed by atoms with E-state index in [-0.39, 0.29) is 10.6 Å². The summed E-state index contributed by atoms with van der Waals surface area (Å²) in [4.78, 5) is 17.4. The van der Waals surface area contributed by atoms with Crippen molar-refractivity contribution in [1.82, 2.24) is 9.29 Å². The molecule has 0 unspecified atom stereocenters. The molecule has 0 radical (unpaired) electrons. The summed E-state index contributed by atoms with van der Waals surface area (Å²) in [6.07, 6.45) is 1.68. The number of amides is 1. The first-order chi connectivity index (χ1) is 16.3. The predicted molar refractivity (Wildman–Crippen MR) is 136 cm³/mol. The van der Waals surface area contributed by atoms with E-state index in [0.29, 0.717) is 28.4 Å². The fourth-order valence-corrected chi connectivity index (χ4v) is 5.65. The van der Waals surface area contributed by atoms with E-state index < -0.39 is 15.9 Å². The van der Waals surface area contributed by atoms with Gasteiger partial charge in [-0.1, -0.05) is 25.5 Å². The van der Waals surface area contributed by atoms with Crippen molar-refractivity contribution in [2.45, 2.75) is 24.7 Å². The number of fused-ring (bicyclic) bond motifs is 1. The van der Waals surface area contributed by atoms with Gasteiger partial charge in [-0.25, -0.2) is 17.7 Å². The number of nitrogens with zero attached hydrogens (tertiary/aromatic N) is 2. The molecule has 0 saturated heterocycles. The van der Waals surface area contributed by atoms with E-state index in [1.54, 1.807) is 19.2 Å². The Morgan fingerprint density at radius 2 is 1.82 bits per heavy atom. The monoisotopic (exact) mass is 495 g/mol. The Balaban J connectivity index is 1.48. The third-order valence-electron chi connectivity index (χ3n) is 5.43. The van der Waals surface area contributed by atoms with Crippen LogP contribution in [0, 0.1) is 0 Å². The van der Waals surface area contributed by atoms with Gasteiger partial charge in [0, 0.05) is 30.9 Å². The van der Waals surface area contributed by atoms with Crippen molar-refractivity contribution in [2.75, 3.05) is 18.9 Å². The number of aromatic hydroxyl groups is 1. The summed E-state index contributed by atoms with van der Waals surface area (Å²) >= 11 is 1.48. The number of rotatable bonds is 8. The van der Waals surface area contributed by atoms with Gasteiger partial charge >= 0.3 is 0 Å². The summed E-state index contributed by atoms with van der Waals surface area (Å²) in [5, 5.41) is 14.0. The number of anilines is 1. The quantitative estimate of drug-likeness (QED) is 0.344. The van der Waals surface area contributed by atoms with E-state index in [4.69, 9.17) is 0 Å². The summed E-state index contributed by atoms with van der Waals surface area (Å²) in [5.41, 5.74) is 2.18. The van der Waals surface area contributed by atoms with Crippen LogP contribution in [0.4, 0.5) is 5.69 Å². The van der Waals surface area contributed by atoms with Gasteiger partial charge in [-0.05, 0) is 55.0 Å². The smallest absolute Gasteiger partial charge is 0.255 e. The number of phenols is 1. The summed E-state index contributed by atoms with van der Waals surface area (Å²) in [6.45, 7) is 2.44. The minimum atomic E-state index is -3.60. The number of nitrogens with one attached hydrogen (secondary N) is 1. The van der Waals surface area contributed by atoms with Crippen LogP contribution in [0.25, 0.3) is 20.8 Å². The Kier molecular flexibility index (Phi) is 6.97. The maximum Gasteiger partial charge on any atom is 0.255 e. The minimum Gasteiger partial charge on any atom is -0.507 e. The third kappa shape index (κ3) is 4.96. The molecular formula is C25H25N3O4S2. The molecule has 2 N–H and O–H groups in total. The largest absolute Gasteiger partial charge is 0.507 e. The zero-order chi connectivity index (χ0) is 24.3. The number of hydrogen-bond donors (Lipinski definition) is 2. The van der Waals surface area contributed by atoms with Crippen LogP contribution < -0.4 is 5.32 Å². The minimum absolute atomic E-state index is 0.00779. The van der Waals surface area contributed by atoms with Gasteiger partial charge in [0.15, 0.2) is 0 Å². The van der Waals surface area contributed by atoms with Crippen LogP contribution in [-0.4, -0.2) is 42.3 Å². The van der Waals surface area contributed by atoms with E-state index in [1.165, 1.54) is 46.0 Å². The molecule has 3 aromatic carbocycles. The number of hydrogen-bond acceptors (Lipinski definition) is 6. The molecule has 0 bridgehead atoms. The van der Waals surface area contributed by atoms with Crippen LogP contribution in [0.15, 0.2) is 71.6 Å². The van der Waals surface area contributed by atoms with Crippen LogP contribution in [0.2, 0.25) is 0 Å². The molecule has 0 aliphatic rings. The molecule has 34 heavy (non-hydrogen) atoms. The van der Waals surface area contributed by atoms with Gasteiger partial charge in [0.25, 0.3) is 5.91 Å². The van der Waals surface area contributed by atoms with Gasteiger partial charge in [-0.2, -0.15) is 0 Å². The second kappa shape index (κ2) is 9.92. The van der Waals surface area contributed by atoms with Gasteiger partial charge in [0.05, 0.1) is 20.7 Å². The lowest BCUT2D eigenvalue weighted by atomic mass is 10.1. The number of benzene rings is 3. The molecule has 0 aliphatic heterocycles. The second-order valence-corrected chi connectivity index (χ2v) is 11.0. The van der Waals surface area contributed by atoms with Gasteiger partial charge in [0.2, 0.25) is 10.0 Å². The van der Waals surface area contributed by atoms with Crippen molar-refractivity contribution < 1.29 is 18.3 Å². The molecule has 4 aromatic rings. The fraction of sp³-hybridized carbons (Fsp3) is 0.200. The number of phenolic OH excluding ortho intramolecular Hbond substituents is 1. The van der Waals surface area contributed by atoms with Crippen molar-refractivity contribution in [3.05, 3.63) is 72.3 Å². The Hall–Kier alpha value is -3.27. The topological polar surface area (TPSA) is 99.6 Å². The van der Waals surface area contributed by atoms with E-state index in [0.717, 1.165) is 23.1 Å². The molecule has 0 fully saturated rings. The zero-order valence-electron chi connectivity index (χ0n) is 18.9. The maximum atomic E-state index is 12.7. The standard InChI is InChI=1S/C25H25N3O4S2/c1-3-4-15-28(2)34(31,32)19-12-9-17(10-13-19)24(30)26-18-11-14-20(22(29)16-18)25-27-21-7-5-6-8-23(21)33-25/h5-14,16,29H,3-4,15H2,1-2H3,(H,26,30). The van der Waals surface area contributed by atoms with Crippen LogP contribution >= 0.6 is 11.3 Å². The molecule has 9 heteroatoms. The molecule has 1 heterocycles. The first kappa shape index (κ1) is 23.9. The molecule has 1 aromatic heterocycles. The number of unbranched alkanes of at least 4 members (excludes halogenated alkanes) is 1. The highest BCUT2D eigenvalue weighted by atomic mass is 32.2. The Morgan fingerprint density at radius 1 is 1.09 bits per heavy atom. The van der Waals surface area contributed by atoms with Crippen molar-refractivity contribution in [2.24, 2.45) is 0 Å². The maximum absolute atomic E-state index is 12.7. The van der Waals surface area contributed by atoms with Crippen molar-refractivity contribution >= 4 is 43.2 Å². The number of carbonyl (C=O) groups is 1. The zero-order valence-corrected chi connectivity index (χ0v) is 20.5. The predicted octanol–water partition coefficient (Wildman–Crippen LogP) is 5.34. The first-order valence-corrected chi connectivity index (χ1v) is 13.1. The molecular weight excluding hydrogens is 470 g/mol.